The highest BCUT2D eigenvalue weighted by molar-refractivity contribution is 6.07. The van der Waals surface area contributed by atoms with Gasteiger partial charge in [0.2, 0.25) is 5.60 Å². The molecule has 2 aliphatic carbocycles. The van der Waals surface area contributed by atoms with Crippen LogP contribution in [-0.4, -0.2) is 28.6 Å². The van der Waals surface area contributed by atoms with Gasteiger partial charge in [0.05, 0.1) is 0 Å². The quantitative estimate of drug-likeness (QED) is 0.507. The molecule has 0 amide bonds. The van der Waals surface area contributed by atoms with Gasteiger partial charge in [-0.2, -0.15) is 0 Å². The van der Waals surface area contributed by atoms with E-state index in [4.69, 9.17) is 4.74 Å². The maximum Gasteiger partial charge on any atom is 0.345 e. The molecule has 1 N–H and O–H groups in total. The number of aliphatic hydroxyl groups is 1. The molecule has 0 bridgehead atoms. The molecule has 0 aromatic carbocycles. The average molecular weight is 395 g/mol. The van der Waals surface area contributed by atoms with Crippen LogP contribution in [0.2, 0.25) is 0 Å². The summed E-state index contributed by atoms with van der Waals surface area (Å²) in [6, 6.07) is 0. The van der Waals surface area contributed by atoms with E-state index in [2.05, 4.69) is 41.5 Å². The van der Waals surface area contributed by atoms with Crippen LogP contribution in [0.3, 0.4) is 0 Å². The van der Waals surface area contributed by atoms with Crippen LogP contribution in [0.5, 0.6) is 0 Å². The fourth-order valence-corrected chi connectivity index (χ4v) is 5.47. The predicted molar refractivity (Wildman–Crippen MR) is 112 cm³/mol. The zero-order chi connectivity index (χ0) is 21.2. The molecule has 2 saturated carbocycles. The van der Waals surface area contributed by atoms with Gasteiger partial charge in [0.15, 0.2) is 5.78 Å². The zero-order valence-electron chi connectivity index (χ0n) is 19.0. The van der Waals surface area contributed by atoms with Crippen molar-refractivity contribution in [3.63, 3.8) is 0 Å². The zero-order valence-corrected chi connectivity index (χ0v) is 19.0. The highest BCUT2D eigenvalue weighted by atomic mass is 16.6. The number of hydrogen-bond donors (Lipinski definition) is 1. The molecule has 2 fully saturated rings. The van der Waals surface area contributed by atoms with Gasteiger partial charge < -0.3 is 9.84 Å². The van der Waals surface area contributed by atoms with Crippen molar-refractivity contribution in [3.05, 3.63) is 0 Å². The molecular weight excluding hydrogens is 352 g/mol. The van der Waals surface area contributed by atoms with Gasteiger partial charge in [-0.25, -0.2) is 4.79 Å². The third-order valence-corrected chi connectivity index (χ3v) is 7.46. The SMILES string of the molecule is CC1CCC(C(C)C)C(OC(=O)C(C)(O)C(=O)C2CC(C)CCC2C(C)C)C1. The fraction of sp³-hybridized carbons (Fsp3) is 0.917. The third-order valence-electron chi connectivity index (χ3n) is 7.46. The monoisotopic (exact) mass is 394 g/mol. The van der Waals surface area contributed by atoms with E-state index >= 15 is 0 Å². The Kier molecular flexibility index (Phi) is 7.75. The summed E-state index contributed by atoms with van der Waals surface area (Å²) in [5, 5.41) is 11.0. The second-order valence-corrected chi connectivity index (χ2v) is 10.6. The third kappa shape index (κ3) is 5.17. The Bertz CT molecular complexity index is 551. The Labute approximate surface area is 171 Å². The lowest BCUT2D eigenvalue weighted by atomic mass is 9.66. The molecule has 4 heteroatoms. The summed E-state index contributed by atoms with van der Waals surface area (Å²) in [6.45, 7) is 14.3. The highest BCUT2D eigenvalue weighted by Crippen LogP contribution is 2.41. The van der Waals surface area contributed by atoms with E-state index in [0.717, 1.165) is 38.5 Å². The van der Waals surface area contributed by atoms with E-state index < -0.39 is 11.6 Å². The van der Waals surface area contributed by atoms with Gasteiger partial charge in [0.25, 0.3) is 0 Å². The second kappa shape index (κ2) is 9.28. The molecule has 7 atom stereocenters. The van der Waals surface area contributed by atoms with E-state index in [1.54, 1.807) is 0 Å². The number of carbonyl (C=O) groups is 2. The molecule has 0 aliphatic heterocycles. The van der Waals surface area contributed by atoms with Crippen molar-refractivity contribution >= 4 is 11.8 Å². The van der Waals surface area contributed by atoms with Gasteiger partial charge in [-0.1, -0.05) is 54.4 Å². The Hall–Kier alpha value is -0.900. The van der Waals surface area contributed by atoms with E-state index in [-0.39, 0.29) is 23.7 Å². The lowest BCUT2D eigenvalue weighted by molar-refractivity contribution is -0.181. The van der Waals surface area contributed by atoms with Crippen LogP contribution in [-0.2, 0) is 14.3 Å². The van der Waals surface area contributed by atoms with Gasteiger partial charge in [-0.05, 0) is 68.1 Å². The predicted octanol–water partition coefficient (Wildman–Crippen LogP) is 5.02. The first-order chi connectivity index (χ1) is 12.9. The van der Waals surface area contributed by atoms with Crippen LogP contribution in [0.15, 0.2) is 0 Å². The molecule has 4 nitrogen and oxygen atoms in total. The van der Waals surface area contributed by atoms with Crippen molar-refractivity contribution in [1.29, 1.82) is 0 Å². The van der Waals surface area contributed by atoms with Crippen LogP contribution in [0.25, 0.3) is 0 Å². The molecule has 0 aromatic rings. The van der Waals surface area contributed by atoms with Crippen LogP contribution >= 0.6 is 0 Å². The van der Waals surface area contributed by atoms with E-state index in [1.807, 2.05) is 0 Å². The summed E-state index contributed by atoms with van der Waals surface area (Å²) in [6.07, 6.45) is 5.62. The largest absolute Gasteiger partial charge is 0.460 e. The van der Waals surface area contributed by atoms with Gasteiger partial charge in [0.1, 0.15) is 6.10 Å². The van der Waals surface area contributed by atoms with Crippen LogP contribution in [0.1, 0.15) is 87.0 Å². The molecule has 2 aliphatic rings. The minimum atomic E-state index is -2.06. The van der Waals surface area contributed by atoms with Crippen molar-refractivity contribution in [2.24, 2.45) is 41.4 Å². The normalized spacial score (nSPS) is 36.2. The summed E-state index contributed by atoms with van der Waals surface area (Å²) in [5.41, 5.74) is -2.06. The summed E-state index contributed by atoms with van der Waals surface area (Å²) in [4.78, 5) is 26.2. The van der Waals surface area contributed by atoms with E-state index in [1.165, 1.54) is 6.92 Å². The number of rotatable bonds is 6. The van der Waals surface area contributed by atoms with Crippen molar-refractivity contribution in [3.8, 4) is 0 Å². The standard InChI is InChI=1S/C24H42O4/c1-14(2)18-10-8-16(5)12-20(18)22(25)24(7,27)23(26)28-21-13-17(6)9-11-19(21)15(3)4/h14-21,27H,8-13H2,1-7H3. The number of ketones is 1. The lowest BCUT2D eigenvalue weighted by Crippen LogP contribution is -2.52. The minimum absolute atomic E-state index is 0.207. The highest BCUT2D eigenvalue weighted by Gasteiger charge is 2.49. The first-order valence-corrected chi connectivity index (χ1v) is 11.4. The lowest BCUT2D eigenvalue weighted by Gasteiger charge is -2.40. The van der Waals surface area contributed by atoms with Crippen molar-refractivity contribution in [1.82, 2.24) is 0 Å². The van der Waals surface area contributed by atoms with Gasteiger partial charge in [-0.15, -0.1) is 0 Å². The first-order valence-electron chi connectivity index (χ1n) is 11.4. The van der Waals surface area contributed by atoms with E-state index in [9.17, 15) is 14.7 Å². The number of esters is 1. The van der Waals surface area contributed by atoms with Crippen molar-refractivity contribution < 1.29 is 19.4 Å². The molecule has 0 radical (unpaired) electrons. The van der Waals surface area contributed by atoms with Crippen LogP contribution in [0.4, 0.5) is 0 Å². The van der Waals surface area contributed by atoms with Crippen molar-refractivity contribution in [2.75, 3.05) is 0 Å². The van der Waals surface area contributed by atoms with E-state index in [0.29, 0.717) is 29.6 Å². The van der Waals surface area contributed by atoms with Crippen molar-refractivity contribution in [2.45, 2.75) is 98.7 Å². The summed E-state index contributed by atoms with van der Waals surface area (Å²) >= 11 is 0. The maximum atomic E-state index is 13.3. The van der Waals surface area contributed by atoms with Gasteiger partial charge >= 0.3 is 5.97 Å². The van der Waals surface area contributed by atoms with Crippen LogP contribution in [0, 0.1) is 41.4 Å². The Morgan fingerprint density at radius 3 is 1.93 bits per heavy atom. The smallest absolute Gasteiger partial charge is 0.345 e. The van der Waals surface area contributed by atoms with Gasteiger partial charge in [-0.3, -0.25) is 4.79 Å². The molecule has 0 heterocycles. The Balaban J connectivity index is 2.14. The first kappa shape index (κ1) is 23.4. The fourth-order valence-electron chi connectivity index (χ4n) is 5.47. The molecular formula is C24H42O4. The van der Waals surface area contributed by atoms with Crippen LogP contribution < -0.4 is 0 Å². The number of ether oxygens (including phenoxy) is 1. The number of hydrogen-bond acceptors (Lipinski definition) is 4. The Morgan fingerprint density at radius 2 is 1.39 bits per heavy atom. The summed E-state index contributed by atoms with van der Waals surface area (Å²) < 4.78 is 5.83. The average Bonchev–Trinajstić information content (AvgIpc) is 2.60. The van der Waals surface area contributed by atoms with Gasteiger partial charge in [0, 0.05) is 5.92 Å². The molecule has 0 spiro atoms. The molecule has 0 saturated heterocycles. The summed E-state index contributed by atoms with van der Waals surface area (Å²) in [5.74, 6) is 0.880. The Morgan fingerprint density at radius 1 is 0.893 bits per heavy atom. The topological polar surface area (TPSA) is 63.6 Å². The molecule has 7 unspecified atom stereocenters. The molecule has 2 rings (SSSR count). The summed E-state index contributed by atoms with van der Waals surface area (Å²) in [7, 11) is 0. The molecule has 162 valence electrons. The molecule has 0 aromatic heterocycles. The second-order valence-electron chi connectivity index (χ2n) is 10.6. The minimum Gasteiger partial charge on any atom is -0.460 e. The molecule has 28 heavy (non-hydrogen) atoms. The number of carbonyl (C=O) groups excluding carboxylic acids is 2. The maximum absolute atomic E-state index is 13.3. The number of Topliss-reactive ketones (excluding diaryl/α,β-unsaturated/α-hetero) is 1.